The van der Waals surface area contributed by atoms with Crippen molar-refractivity contribution in [3.05, 3.63) is 23.7 Å². The van der Waals surface area contributed by atoms with E-state index >= 15 is 0 Å². The largest absolute Gasteiger partial charge is 0.481 e. The lowest BCUT2D eigenvalue weighted by molar-refractivity contribution is -0.137. The summed E-state index contributed by atoms with van der Waals surface area (Å²) >= 11 is 0. The molecule has 6 nitrogen and oxygen atoms in total. The average Bonchev–Trinajstić information content (AvgIpc) is 2.80. The van der Waals surface area contributed by atoms with Gasteiger partial charge in [0.25, 0.3) is 0 Å². The molecule has 0 aliphatic carbocycles. The lowest BCUT2D eigenvalue weighted by Gasteiger charge is -2.12. The summed E-state index contributed by atoms with van der Waals surface area (Å²) in [6.07, 6.45) is 2.39. The number of aliphatic carboxylic acids is 1. The van der Waals surface area contributed by atoms with Crippen LogP contribution in [-0.2, 0) is 4.79 Å². The summed E-state index contributed by atoms with van der Waals surface area (Å²) in [7, 11) is 0. The number of hydrogen-bond donors (Lipinski definition) is 3. The molecule has 0 bridgehead atoms. The molecular formula is C14H22N2O4. The van der Waals surface area contributed by atoms with Crippen molar-refractivity contribution in [1.29, 1.82) is 0 Å². The van der Waals surface area contributed by atoms with Crippen LogP contribution in [0.5, 0.6) is 0 Å². The first-order chi connectivity index (χ1) is 9.49. The highest BCUT2D eigenvalue weighted by Crippen LogP contribution is 2.15. The van der Waals surface area contributed by atoms with E-state index in [0.717, 1.165) is 24.4 Å². The van der Waals surface area contributed by atoms with Crippen molar-refractivity contribution in [2.75, 3.05) is 6.54 Å². The summed E-state index contributed by atoms with van der Waals surface area (Å²) in [5.74, 6) is 0.755. The first kappa shape index (κ1) is 16.1. The third kappa shape index (κ3) is 6.26. The predicted molar refractivity (Wildman–Crippen MR) is 74.5 cm³/mol. The Bertz CT molecular complexity index is 442. The smallest absolute Gasteiger partial charge is 0.315 e. The fourth-order valence-corrected chi connectivity index (χ4v) is 1.78. The molecule has 1 aromatic rings. The zero-order valence-corrected chi connectivity index (χ0v) is 11.9. The van der Waals surface area contributed by atoms with Crippen LogP contribution in [0.2, 0.25) is 0 Å². The van der Waals surface area contributed by atoms with Gasteiger partial charge in [0.2, 0.25) is 0 Å². The Hall–Kier alpha value is -1.98. The second-order valence-electron chi connectivity index (χ2n) is 4.77. The van der Waals surface area contributed by atoms with E-state index in [1.54, 1.807) is 0 Å². The Morgan fingerprint density at radius 2 is 2.05 bits per heavy atom. The van der Waals surface area contributed by atoms with Crippen molar-refractivity contribution in [3.63, 3.8) is 0 Å². The summed E-state index contributed by atoms with van der Waals surface area (Å²) in [5, 5.41) is 14.0. The monoisotopic (exact) mass is 282 g/mol. The summed E-state index contributed by atoms with van der Waals surface area (Å²) in [5.41, 5.74) is 0. The van der Waals surface area contributed by atoms with Crippen LogP contribution in [0.25, 0.3) is 0 Å². The third-order valence-corrected chi connectivity index (χ3v) is 2.89. The number of carboxylic acids is 1. The number of carbonyl (C=O) groups excluding carboxylic acids is 1. The third-order valence-electron chi connectivity index (χ3n) is 2.89. The molecule has 0 radical (unpaired) electrons. The van der Waals surface area contributed by atoms with Crippen LogP contribution in [-0.4, -0.2) is 23.7 Å². The minimum Gasteiger partial charge on any atom is -0.481 e. The number of carboxylic acid groups (broad SMARTS) is 1. The van der Waals surface area contributed by atoms with Crippen LogP contribution >= 0.6 is 0 Å². The van der Waals surface area contributed by atoms with Crippen molar-refractivity contribution >= 4 is 12.0 Å². The van der Waals surface area contributed by atoms with Gasteiger partial charge >= 0.3 is 12.0 Å². The van der Waals surface area contributed by atoms with Crippen molar-refractivity contribution in [1.82, 2.24) is 10.6 Å². The van der Waals surface area contributed by atoms with E-state index in [-0.39, 0.29) is 18.5 Å². The Morgan fingerprint density at radius 3 is 2.65 bits per heavy atom. The maximum atomic E-state index is 11.6. The van der Waals surface area contributed by atoms with Gasteiger partial charge in [-0.15, -0.1) is 0 Å². The normalized spacial score (nSPS) is 11.9. The zero-order chi connectivity index (χ0) is 15.0. The Kier molecular flexibility index (Phi) is 6.63. The van der Waals surface area contributed by atoms with Crippen molar-refractivity contribution in [3.8, 4) is 0 Å². The molecule has 2 amide bonds. The van der Waals surface area contributed by atoms with Crippen LogP contribution in [0.3, 0.4) is 0 Å². The number of furan rings is 1. The van der Waals surface area contributed by atoms with Crippen LogP contribution in [0.4, 0.5) is 4.79 Å². The summed E-state index contributed by atoms with van der Waals surface area (Å²) < 4.78 is 5.43. The molecule has 0 saturated carbocycles. The molecule has 0 aliphatic heterocycles. The Balaban J connectivity index is 2.12. The molecule has 1 unspecified atom stereocenters. The zero-order valence-electron chi connectivity index (χ0n) is 11.9. The number of amides is 2. The molecule has 0 saturated heterocycles. The van der Waals surface area contributed by atoms with Crippen molar-refractivity contribution in [2.45, 2.75) is 45.6 Å². The van der Waals surface area contributed by atoms with Crippen LogP contribution in [0, 0.1) is 6.92 Å². The van der Waals surface area contributed by atoms with Crippen LogP contribution < -0.4 is 10.6 Å². The molecule has 1 heterocycles. The maximum Gasteiger partial charge on any atom is 0.315 e. The first-order valence-corrected chi connectivity index (χ1v) is 6.81. The van der Waals surface area contributed by atoms with Crippen LogP contribution in [0.1, 0.15) is 50.2 Å². The van der Waals surface area contributed by atoms with Gasteiger partial charge < -0.3 is 20.2 Å². The predicted octanol–water partition coefficient (Wildman–Crippen LogP) is 2.59. The standard InChI is InChI=1S/C14H22N2O4/c1-10-7-8-12(20-10)11(2)16-14(19)15-9-5-3-4-6-13(17)18/h7-8,11H,3-6,9H2,1-2H3,(H,17,18)(H2,15,16,19). The van der Waals surface area contributed by atoms with E-state index in [9.17, 15) is 9.59 Å². The summed E-state index contributed by atoms with van der Waals surface area (Å²) in [6, 6.07) is 3.26. The highest BCUT2D eigenvalue weighted by atomic mass is 16.4. The molecular weight excluding hydrogens is 260 g/mol. The molecule has 20 heavy (non-hydrogen) atoms. The Morgan fingerprint density at radius 1 is 1.30 bits per heavy atom. The van der Waals surface area contributed by atoms with Crippen molar-refractivity contribution < 1.29 is 19.1 Å². The number of hydrogen-bond acceptors (Lipinski definition) is 3. The quantitative estimate of drug-likeness (QED) is 0.639. The minimum atomic E-state index is -0.779. The molecule has 3 N–H and O–H groups in total. The van der Waals surface area contributed by atoms with Gasteiger partial charge in [0.15, 0.2) is 0 Å². The molecule has 0 aromatic carbocycles. The number of rotatable bonds is 8. The molecule has 0 fully saturated rings. The van der Waals surface area contributed by atoms with Gasteiger partial charge in [-0.05, 0) is 38.8 Å². The second kappa shape index (κ2) is 8.24. The van der Waals surface area contributed by atoms with E-state index in [0.29, 0.717) is 13.0 Å². The van der Waals surface area contributed by atoms with E-state index in [4.69, 9.17) is 9.52 Å². The highest BCUT2D eigenvalue weighted by molar-refractivity contribution is 5.74. The number of carbonyl (C=O) groups is 2. The fourth-order valence-electron chi connectivity index (χ4n) is 1.78. The maximum absolute atomic E-state index is 11.6. The first-order valence-electron chi connectivity index (χ1n) is 6.81. The molecule has 1 atom stereocenters. The van der Waals surface area contributed by atoms with Gasteiger partial charge in [-0.3, -0.25) is 4.79 Å². The SMILES string of the molecule is Cc1ccc(C(C)NC(=O)NCCCCCC(=O)O)o1. The topological polar surface area (TPSA) is 91.6 Å². The van der Waals surface area contributed by atoms with Crippen LogP contribution in [0.15, 0.2) is 16.5 Å². The van der Waals surface area contributed by atoms with Gasteiger partial charge in [0.05, 0.1) is 6.04 Å². The minimum absolute atomic E-state index is 0.182. The lowest BCUT2D eigenvalue weighted by Crippen LogP contribution is -2.37. The molecule has 6 heteroatoms. The number of urea groups is 1. The van der Waals surface area contributed by atoms with E-state index in [1.165, 1.54) is 0 Å². The van der Waals surface area contributed by atoms with E-state index in [2.05, 4.69) is 10.6 Å². The van der Waals surface area contributed by atoms with Gasteiger partial charge in [0, 0.05) is 13.0 Å². The summed E-state index contributed by atoms with van der Waals surface area (Å²) in [6.45, 7) is 4.24. The van der Waals surface area contributed by atoms with Crippen molar-refractivity contribution in [2.24, 2.45) is 0 Å². The molecule has 1 rings (SSSR count). The molecule has 0 aliphatic rings. The van der Waals surface area contributed by atoms with Gasteiger partial charge in [-0.25, -0.2) is 4.79 Å². The molecule has 1 aromatic heterocycles. The second-order valence-corrected chi connectivity index (χ2v) is 4.77. The van der Waals surface area contributed by atoms with Gasteiger partial charge in [-0.2, -0.15) is 0 Å². The van der Waals surface area contributed by atoms with E-state index < -0.39 is 5.97 Å². The lowest BCUT2D eigenvalue weighted by atomic mass is 10.2. The Labute approximate surface area is 118 Å². The van der Waals surface area contributed by atoms with Gasteiger partial charge in [0.1, 0.15) is 11.5 Å². The average molecular weight is 282 g/mol. The number of unbranched alkanes of at least 4 members (excludes halogenated alkanes) is 2. The van der Waals surface area contributed by atoms with Gasteiger partial charge in [-0.1, -0.05) is 6.42 Å². The number of aryl methyl sites for hydroxylation is 1. The van der Waals surface area contributed by atoms with E-state index in [1.807, 2.05) is 26.0 Å². The highest BCUT2D eigenvalue weighted by Gasteiger charge is 2.11. The molecule has 0 spiro atoms. The summed E-state index contributed by atoms with van der Waals surface area (Å²) in [4.78, 5) is 21.9. The molecule has 112 valence electrons. The fraction of sp³-hybridized carbons (Fsp3) is 0.571. The number of nitrogens with one attached hydrogen (secondary N) is 2.